The van der Waals surface area contributed by atoms with Crippen molar-refractivity contribution < 1.29 is 0 Å². The Bertz CT molecular complexity index is 633. The van der Waals surface area contributed by atoms with Crippen LogP contribution in [0.4, 0.5) is 0 Å². The van der Waals surface area contributed by atoms with Gasteiger partial charge in [0, 0.05) is 0 Å². The monoisotopic (exact) mass is 326 g/mol. The maximum Gasteiger partial charge on any atom is 0.0776 e. The lowest BCUT2D eigenvalue weighted by molar-refractivity contribution is 1.38. The van der Waals surface area contributed by atoms with E-state index in [-0.39, 0.29) is 0 Å². The van der Waals surface area contributed by atoms with Crippen LogP contribution >= 0.6 is 0 Å². The molecule has 0 bridgehead atoms. The lowest BCUT2D eigenvalue weighted by atomic mass is 10.0. The van der Waals surface area contributed by atoms with Gasteiger partial charge in [0.05, 0.1) is 16.1 Å². The van der Waals surface area contributed by atoms with Crippen molar-refractivity contribution in [2.45, 2.75) is 53.1 Å². The van der Waals surface area contributed by atoms with Crippen LogP contribution in [-0.2, 0) is 0 Å². The van der Waals surface area contributed by atoms with E-state index in [2.05, 4.69) is 89.5 Å². The van der Waals surface area contributed by atoms with E-state index in [0.717, 1.165) is 0 Å². The quantitative estimate of drug-likeness (QED) is 0.692. The van der Waals surface area contributed by atoms with Crippen molar-refractivity contribution in [3.8, 4) is 11.1 Å². The summed E-state index contributed by atoms with van der Waals surface area (Å²) < 4.78 is 0. The average Bonchev–Trinajstić information content (AvgIpc) is 2.35. The van der Waals surface area contributed by atoms with Gasteiger partial charge in [-0.15, -0.1) is 0 Å². The second-order valence-corrected chi connectivity index (χ2v) is 18.8. The summed E-state index contributed by atoms with van der Waals surface area (Å²) in [6, 6.07) is 14.3. The van der Waals surface area contributed by atoms with E-state index in [0.29, 0.717) is 0 Å². The molecular formula is C20H30Si2. The van der Waals surface area contributed by atoms with E-state index in [1.54, 1.807) is 10.4 Å². The summed E-state index contributed by atoms with van der Waals surface area (Å²) in [5, 5.41) is 3.17. The molecule has 0 aliphatic heterocycles. The van der Waals surface area contributed by atoms with Crippen molar-refractivity contribution in [3.05, 3.63) is 47.5 Å². The Morgan fingerprint density at radius 3 is 1.23 bits per heavy atom. The first kappa shape index (κ1) is 17.2. The van der Waals surface area contributed by atoms with Crippen LogP contribution in [0.25, 0.3) is 11.1 Å². The Kier molecular flexibility index (Phi) is 4.56. The van der Waals surface area contributed by atoms with Gasteiger partial charge < -0.3 is 0 Å². The molecular weight excluding hydrogens is 296 g/mol. The van der Waals surface area contributed by atoms with Gasteiger partial charge in [-0.25, -0.2) is 0 Å². The molecule has 0 N–H and O–H groups in total. The zero-order chi connectivity index (χ0) is 16.7. The van der Waals surface area contributed by atoms with Gasteiger partial charge in [-0.2, -0.15) is 0 Å². The van der Waals surface area contributed by atoms with Crippen LogP contribution in [0.3, 0.4) is 0 Å². The van der Waals surface area contributed by atoms with Gasteiger partial charge in [0.25, 0.3) is 0 Å². The van der Waals surface area contributed by atoms with Gasteiger partial charge in [-0.1, -0.05) is 97.2 Å². The summed E-state index contributed by atoms with van der Waals surface area (Å²) >= 11 is 0. The zero-order valence-corrected chi connectivity index (χ0v) is 17.5. The summed E-state index contributed by atoms with van der Waals surface area (Å²) in [7, 11) is -2.63. The maximum absolute atomic E-state index is 2.50. The molecule has 0 aliphatic carbocycles. The van der Waals surface area contributed by atoms with Gasteiger partial charge in [0.15, 0.2) is 0 Å². The molecule has 2 heteroatoms. The molecule has 0 unspecified atom stereocenters. The molecule has 0 amide bonds. The SMILES string of the molecule is Cc1cc(C)cc(-c2cc([Si](C)(C)C)cc([Si](C)(C)C)c2)c1. The van der Waals surface area contributed by atoms with Crippen molar-refractivity contribution in [2.75, 3.05) is 0 Å². The first-order valence-electron chi connectivity index (χ1n) is 8.21. The van der Waals surface area contributed by atoms with Crippen LogP contribution in [0.2, 0.25) is 39.3 Å². The number of aryl methyl sites for hydroxylation is 2. The molecule has 2 aromatic rings. The first-order valence-corrected chi connectivity index (χ1v) is 15.2. The van der Waals surface area contributed by atoms with Crippen LogP contribution in [-0.4, -0.2) is 16.1 Å². The van der Waals surface area contributed by atoms with Crippen LogP contribution in [0.15, 0.2) is 36.4 Å². The molecule has 0 saturated heterocycles. The van der Waals surface area contributed by atoms with Gasteiger partial charge in [-0.05, 0) is 25.0 Å². The minimum Gasteiger partial charge on any atom is -0.0656 e. The van der Waals surface area contributed by atoms with E-state index < -0.39 is 16.1 Å². The first-order chi connectivity index (χ1) is 9.96. The predicted molar refractivity (Wildman–Crippen MR) is 107 cm³/mol. The van der Waals surface area contributed by atoms with Gasteiger partial charge >= 0.3 is 0 Å². The van der Waals surface area contributed by atoms with E-state index in [1.165, 1.54) is 22.3 Å². The average molecular weight is 327 g/mol. The predicted octanol–water partition coefficient (Wildman–Crippen LogP) is 5.06. The Morgan fingerprint density at radius 1 is 0.500 bits per heavy atom. The maximum atomic E-state index is 2.50. The standard InChI is InChI=1S/C20H30Si2/c1-15-9-16(2)11-17(10-15)18-12-19(21(3,4)5)14-20(13-18)22(6,7)8/h9-14H,1-8H3. The molecule has 0 aromatic heterocycles. The fourth-order valence-electron chi connectivity index (χ4n) is 2.80. The minimum atomic E-state index is -1.31. The van der Waals surface area contributed by atoms with Gasteiger partial charge in [-0.3, -0.25) is 0 Å². The summed E-state index contributed by atoms with van der Waals surface area (Å²) in [4.78, 5) is 0. The van der Waals surface area contributed by atoms with Gasteiger partial charge in [0.2, 0.25) is 0 Å². The third-order valence-electron chi connectivity index (χ3n) is 4.22. The molecule has 22 heavy (non-hydrogen) atoms. The van der Waals surface area contributed by atoms with Crippen molar-refractivity contribution in [1.29, 1.82) is 0 Å². The van der Waals surface area contributed by atoms with E-state index in [9.17, 15) is 0 Å². The molecule has 0 fully saturated rings. The normalized spacial score (nSPS) is 12.5. The molecule has 0 heterocycles. The van der Waals surface area contributed by atoms with Crippen molar-refractivity contribution in [2.24, 2.45) is 0 Å². The molecule has 0 radical (unpaired) electrons. The third kappa shape index (κ3) is 3.99. The third-order valence-corrected chi connectivity index (χ3v) is 8.26. The fraction of sp³-hybridized carbons (Fsp3) is 0.400. The Balaban J connectivity index is 2.70. The number of hydrogen-bond acceptors (Lipinski definition) is 0. The molecule has 118 valence electrons. The summed E-state index contributed by atoms with van der Waals surface area (Å²) in [6.07, 6.45) is 0. The highest BCUT2D eigenvalue weighted by atomic mass is 28.3. The van der Waals surface area contributed by atoms with Crippen LogP contribution in [0.5, 0.6) is 0 Å². The Hall–Kier alpha value is -1.13. The molecule has 0 aliphatic rings. The Morgan fingerprint density at radius 2 is 0.864 bits per heavy atom. The van der Waals surface area contributed by atoms with E-state index in [1.807, 2.05) is 0 Å². The minimum absolute atomic E-state index is 1.31. The highest BCUT2D eigenvalue weighted by molar-refractivity contribution is 6.91. The number of hydrogen-bond donors (Lipinski definition) is 0. The molecule has 2 rings (SSSR count). The second-order valence-electron chi connectivity index (χ2n) is 8.68. The van der Waals surface area contributed by atoms with E-state index in [4.69, 9.17) is 0 Å². The number of benzene rings is 2. The molecule has 0 saturated carbocycles. The zero-order valence-electron chi connectivity index (χ0n) is 15.5. The topological polar surface area (TPSA) is 0 Å². The molecule has 0 atom stereocenters. The van der Waals surface area contributed by atoms with Crippen molar-refractivity contribution in [3.63, 3.8) is 0 Å². The summed E-state index contributed by atoms with van der Waals surface area (Å²) in [5.74, 6) is 0. The number of rotatable bonds is 3. The second kappa shape index (κ2) is 5.82. The van der Waals surface area contributed by atoms with Crippen molar-refractivity contribution in [1.82, 2.24) is 0 Å². The van der Waals surface area contributed by atoms with Crippen LogP contribution in [0.1, 0.15) is 11.1 Å². The lowest BCUT2D eigenvalue weighted by Crippen LogP contribution is -2.45. The van der Waals surface area contributed by atoms with Crippen LogP contribution < -0.4 is 10.4 Å². The molecule has 2 aromatic carbocycles. The van der Waals surface area contributed by atoms with Gasteiger partial charge in [0.1, 0.15) is 0 Å². The largest absolute Gasteiger partial charge is 0.0776 e. The molecule has 0 spiro atoms. The lowest BCUT2D eigenvalue weighted by Gasteiger charge is -2.24. The summed E-state index contributed by atoms with van der Waals surface area (Å²) in [6.45, 7) is 19.1. The Labute approximate surface area is 138 Å². The summed E-state index contributed by atoms with van der Waals surface area (Å²) in [5.41, 5.74) is 5.48. The molecule has 0 nitrogen and oxygen atoms in total. The fourth-order valence-corrected chi connectivity index (χ4v) is 5.30. The smallest absolute Gasteiger partial charge is 0.0656 e. The van der Waals surface area contributed by atoms with Crippen LogP contribution in [0, 0.1) is 13.8 Å². The highest BCUT2D eigenvalue weighted by Crippen LogP contribution is 2.22. The van der Waals surface area contributed by atoms with Crippen molar-refractivity contribution >= 4 is 26.5 Å². The van der Waals surface area contributed by atoms with E-state index >= 15 is 0 Å². The highest BCUT2D eigenvalue weighted by Gasteiger charge is 2.23.